The lowest BCUT2D eigenvalue weighted by molar-refractivity contribution is -0.107. The van der Waals surface area contributed by atoms with E-state index in [0.717, 1.165) is 21.7 Å². The van der Waals surface area contributed by atoms with Gasteiger partial charge < -0.3 is 5.11 Å². The standard InChI is InChI=1S/C12H9NO3S2/c1-17-12-13-9(11(16)18-12)6-7-2-4-8(5-3-7)10(14)15/h2-6H,1H3,(H,14,15). The smallest absolute Gasteiger partial charge is 0.335 e. The molecule has 0 spiro atoms. The number of aromatic carboxylic acids is 1. The van der Waals surface area contributed by atoms with Crippen LogP contribution in [-0.4, -0.2) is 26.8 Å². The molecule has 1 aliphatic rings. The number of hydrogen-bond donors (Lipinski definition) is 1. The fraction of sp³-hybridized carbons (Fsp3) is 0.0833. The van der Waals surface area contributed by atoms with Gasteiger partial charge in [-0.1, -0.05) is 12.1 Å². The molecule has 0 unspecified atom stereocenters. The van der Waals surface area contributed by atoms with Gasteiger partial charge in [-0.3, -0.25) is 4.79 Å². The summed E-state index contributed by atoms with van der Waals surface area (Å²) in [6, 6.07) is 6.31. The molecule has 0 aromatic heterocycles. The van der Waals surface area contributed by atoms with Crippen molar-refractivity contribution in [1.29, 1.82) is 0 Å². The van der Waals surface area contributed by atoms with Gasteiger partial charge in [0, 0.05) is 0 Å². The van der Waals surface area contributed by atoms with Crippen molar-refractivity contribution in [2.45, 2.75) is 0 Å². The maximum atomic E-state index is 11.6. The molecule has 0 aliphatic carbocycles. The molecule has 2 rings (SSSR count). The molecule has 0 bridgehead atoms. The van der Waals surface area contributed by atoms with Gasteiger partial charge in [-0.2, -0.15) is 0 Å². The minimum absolute atomic E-state index is 0.0818. The predicted molar refractivity (Wildman–Crippen MR) is 74.9 cm³/mol. The first-order valence-corrected chi connectivity index (χ1v) is 7.04. The number of benzene rings is 1. The van der Waals surface area contributed by atoms with E-state index < -0.39 is 5.97 Å². The van der Waals surface area contributed by atoms with E-state index in [0.29, 0.717) is 5.70 Å². The highest BCUT2D eigenvalue weighted by Gasteiger charge is 2.21. The van der Waals surface area contributed by atoms with Gasteiger partial charge in [-0.25, -0.2) is 9.79 Å². The highest BCUT2D eigenvalue weighted by atomic mass is 32.2. The SMILES string of the molecule is CSC1=NC(=Cc2ccc(C(=O)O)cc2)C(=O)S1. The Balaban J connectivity index is 2.25. The summed E-state index contributed by atoms with van der Waals surface area (Å²) in [6.45, 7) is 0. The van der Waals surface area contributed by atoms with Crippen LogP contribution in [0.4, 0.5) is 0 Å². The third-order valence-electron chi connectivity index (χ3n) is 2.24. The molecule has 0 amide bonds. The lowest BCUT2D eigenvalue weighted by atomic mass is 10.1. The Morgan fingerprint density at radius 1 is 1.39 bits per heavy atom. The Morgan fingerprint density at radius 3 is 2.56 bits per heavy atom. The fourth-order valence-corrected chi connectivity index (χ4v) is 2.62. The van der Waals surface area contributed by atoms with Crippen molar-refractivity contribution in [3.63, 3.8) is 0 Å². The van der Waals surface area contributed by atoms with Crippen molar-refractivity contribution >= 4 is 45.1 Å². The number of hydrogen-bond acceptors (Lipinski definition) is 5. The first-order valence-electron chi connectivity index (χ1n) is 5.00. The maximum Gasteiger partial charge on any atom is 0.335 e. The largest absolute Gasteiger partial charge is 0.478 e. The van der Waals surface area contributed by atoms with Gasteiger partial charge in [-0.15, -0.1) is 11.8 Å². The van der Waals surface area contributed by atoms with E-state index in [1.165, 1.54) is 23.9 Å². The van der Waals surface area contributed by atoms with E-state index in [9.17, 15) is 9.59 Å². The molecule has 0 saturated carbocycles. The van der Waals surface area contributed by atoms with Gasteiger partial charge in [0.05, 0.1) is 5.56 Å². The second kappa shape index (κ2) is 5.41. The Bertz CT molecular complexity index is 561. The number of nitrogens with zero attached hydrogens (tertiary/aromatic N) is 1. The molecule has 92 valence electrons. The van der Waals surface area contributed by atoms with Crippen LogP contribution in [0.1, 0.15) is 15.9 Å². The topological polar surface area (TPSA) is 66.7 Å². The van der Waals surface area contributed by atoms with Crippen molar-refractivity contribution in [3.8, 4) is 0 Å². The minimum Gasteiger partial charge on any atom is -0.478 e. The van der Waals surface area contributed by atoms with Gasteiger partial charge in [-0.05, 0) is 41.8 Å². The van der Waals surface area contributed by atoms with E-state index in [1.807, 2.05) is 6.26 Å². The first-order chi connectivity index (χ1) is 8.60. The number of aliphatic imine (C=N–C) groups is 1. The zero-order valence-corrected chi connectivity index (χ0v) is 11.0. The lowest BCUT2D eigenvalue weighted by Gasteiger charge is -1.96. The zero-order chi connectivity index (χ0) is 13.1. The summed E-state index contributed by atoms with van der Waals surface area (Å²) in [7, 11) is 0. The normalized spacial score (nSPS) is 17.1. The quantitative estimate of drug-likeness (QED) is 0.843. The summed E-state index contributed by atoms with van der Waals surface area (Å²) < 4.78 is 0.730. The molecule has 4 nitrogen and oxygen atoms in total. The van der Waals surface area contributed by atoms with E-state index in [2.05, 4.69) is 4.99 Å². The number of carboxylic acid groups (broad SMARTS) is 1. The number of carbonyl (C=O) groups excluding carboxylic acids is 1. The molecule has 0 radical (unpaired) electrons. The molecule has 1 aromatic carbocycles. The summed E-state index contributed by atoms with van der Waals surface area (Å²) in [6.07, 6.45) is 3.52. The summed E-state index contributed by atoms with van der Waals surface area (Å²) in [5, 5.41) is 8.69. The summed E-state index contributed by atoms with van der Waals surface area (Å²) >= 11 is 2.54. The third kappa shape index (κ3) is 2.83. The average molecular weight is 279 g/mol. The second-order valence-electron chi connectivity index (χ2n) is 3.43. The van der Waals surface area contributed by atoms with E-state index in [4.69, 9.17) is 5.11 Å². The molecule has 1 N–H and O–H groups in total. The molecule has 6 heteroatoms. The van der Waals surface area contributed by atoms with Crippen LogP contribution >= 0.6 is 23.5 Å². The lowest BCUT2D eigenvalue weighted by Crippen LogP contribution is -1.95. The van der Waals surface area contributed by atoms with Crippen LogP contribution in [0.3, 0.4) is 0 Å². The van der Waals surface area contributed by atoms with Crippen molar-refractivity contribution in [2.24, 2.45) is 4.99 Å². The van der Waals surface area contributed by atoms with E-state index in [1.54, 1.807) is 18.2 Å². The predicted octanol–water partition coefficient (Wildman–Crippen LogP) is 2.72. The monoisotopic (exact) mass is 279 g/mol. The Kier molecular flexibility index (Phi) is 3.88. The van der Waals surface area contributed by atoms with Crippen LogP contribution in [0.5, 0.6) is 0 Å². The molecule has 0 atom stereocenters. The van der Waals surface area contributed by atoms with Crippen LogP contribution in [0.15, 0.2) is 35.0 Å². The second-order valence-corrected chi connectivity index (χ2v) is 5.44. The molecular formula is C12H9NO3S2. The van der Waals surface area contributed by atoms with Crippen LogP contribution in [-0.2, 0) is 4.79 Å². The Hall–Kier alpha value is -1.53. The van der Waals surface area contributed by atoms with Crippen LogP contribution < -0.4 is 0 Å². The van der Waals surface area contributed by atoms with E-state index in [-0.39, 0.29) is 10.7 Å². The van der Waals surface area contributed by atoms with Gasteiger partial charge in [0.1, 0.15) is 10.1 Å². The van der Waals surface area contributed by atoms with Crippen molar-refractivity contribution < 1.29 is 14.7 Å². The van der Waals surface area contributed by atoms with E-state index >= 15 is 0 Å². The van der Waals surface area contributed by atoms with Crippen LogP contribution in [0.25, 0.3) is 6.08 Å². The van der Waals surface area contributed by atoms with Gasteiger partial charge in [0.25, 0.3) is 0 Å². The average Bonchev–Trinajstić information content (AvgIpc) is 2.71. The molecule has 0 saturated heterocycles. The Labute approximate surface area is 112 Å². The summed E-state index contributed by atoms with van der Waals surface area (Å²) in [5.41, 5.74) is 1.38. The molecule has 0 fully saturated rings. The number of thioether (sulfide) groups is 2. The van der Waals surface area contributed by atoms with Crippen LogP contribution in [0, 0.1) is 0 Å². The highest BCUT2D eigenvalue weighted by Crippen LogP contribution is 2.29. The maximum absolute atomic E-state index is 11.6. The summed E-state index contributed by atoms with van der Waals surface area (Å²) in [5.74, 6) is -0.968. The van der Waals surface area contributed by atoms with Crippen molar-refractivity contribution in [1.82, 2.24) is 0 Å². The Morgan fingerprint density at radius 2 is 2.06 bits per heavy atom. The molecule has 1 heterocycles. The van der Waals surface area contributed by atoms with Gasteiger partial charge in [0.15, 0.2) is 0 Å². The number of carboxylic acids is 1. The third-order valence-corrected chi connectivity index (χ3v) is 4.09. The highest BCUT2D eigenvalue weighted by molar-refractivity contribution is 8.45. The van der Waals surface area contributed by atoms with Crippen LogP contribution in [0.2, 0.25) is 0 Å². The van der Waals surface area contributed by atoms with Gasteiger partial charge >= 0.3 is 5.97 Å². The van der Waals surface area contributed by atoms with Crippen molar-refractivity contribution in [2.75, 3.05) is 6.26 Å². The molecular weight excluding hydrogens is 270 g/mol. The van der Waals surface area contributed by atoms with Gasteiger partial charge in [0.2, 0.25) is 5.12 Å². The molecule has 18 heavy (non-hydrogen) atoms. The zero-order valence-electron chi connectivity index (χ0n) is 9.41. The number of carbonyl (C=O) groups is 2. The number of rotatable bonds is 2. The molecule has 1 aromatic rings. The summed E-state index contributed by atoms with van der Waals surface area (Å²) in [4.78, 5) is 26.5. The minimum atomic E-state index is -0.968. The first kappa shape index (κ1) is 12.9. The van der Waals surface area contributed by atoms with Crippen molar-refractivity contribution in [3.05, 3.63) is 41.1 Å². The fourth-order valence-electron chi connectivity index (χ4n) is 1.36. The molecule has 1 aliphatic heterocycles.